The van der Waals surface area contributed by atoms with Crippen molar-refractivity contribution < 1.29 is 33.9 Å². The lowest BCUT2D eigenvalue weighted by Crippen LogP contribution is -2.50. The minimum atomic E-state index is -1.00. The number of carbonyl (C=O) groups is 6. The van der Waals surface area contributed by atoms with Crippen LogP contribution >= 0.6 is 0 Å². The first-order valence-electron chi connectivity index (χ1n) is 13.5. The number of hydrogen-bond donors (Lipinski definition) is 5. The molecule has 216 valence electrons. The lowest BCUT2D eigenvalue weighted by molar-refractivity contribution is -0.139. The second kappa shape index (κ2) is 17.2. The van der Waals surface area contributed by atoms with Crippen LogP contribution in [0.5, 0.6) is 0 Å². The number of unbranched alkanes of at least 4 members (excludes halogenated alkanes) is 4. The van der Waals surface area contributed by atoms with E-state index in [1.165, 1.54) is 12.2 Å². The van der Waals surface area contributed by atoms with Gasteiger partial charge in [-0.2, -0.15) is 0 Å². The van der Waals surface area contributed by atoms with Crippen LogP contribution in [-0.2, 0) is 28.8 Å². The molecule has 2 unspecified atom stereocenters. The first kappa shape index (κ1) is 31.8. The van der Waals surface area contributed by atoms with Crippen LogP contribution in [0.15, 0.2) is 24.3 Å². The van der Waals surface area contributed by atoms with Crippen LogP contribution < -0.4 is 21.7 Å². The van der Waals surface area contributed by atoms with E-state index >= 15 is 0 Å². The Balaban J connectivity index is 1.73. The summed E-state index contributed by atoms with van der Waals surface area (Å²) in [4.78, 5) is 73.1. The van der Waals surface area contributed by atoms with Gasteiger partial charge in [0.15, 0.2) is 0 Å². The fourth-order valence-electron chi connectivity index (χ4n) is 4.14. The van der Waals surface area contributed by atoms with Crippen molar-refractivity contribution in [2.45, 2.75) is 70.1 Å². The van der Waals surface area contributed by atoms with Gasteiger partial charge in [0.05, 0.1) is 6.04 Å². The van der Waals surface area contributed by atoms with Crippen LogP contribution in [0.4, 0.5) is 0 Å². The van der Waals surface area contributed by atoms with Gasteiger partial charge in [0, 0.05) is 56.8 Å². The van der Waals surface area contributed by atoms with E-state index in [1.54, 1.807) is 0 Å². The lowest BCUT2D eigenvalue weighted by Gasteiger charge is -2.26. The summed E-state index contributed by atoms with van der Waals surface area (Å²) in [5, 5.41) is 19.2. The van der Waals surface area contributed by atoms with E-state index in [1.807, 2.05) is 0 Å². The van der Waals surface area contributed by atoms with E-state index in [0.717, 1.165) is 47.6 Å². The number of aliphatic hydroxyl groups excluding tert-OH is 1. The van der Waals surface area contributed by atoms with Gasteiger partial charge >= 0.3 is 0 Å². The van der Waals surface area contributed by atoms with Crippen molar-refractivity contribution in [1.29, 1.82) is 0 Å². The van der Waals surface area contributed by atoms with Crippen LogP contribution in [0.1, 0.15) is 57.8 Å². The molecule has 0 saturated carbocycles. The van der Waals surface area contributed by atoms with E-state index in [4.69, 9.17) is 5.73 Å². The summed E-state index contributed by atoms with van der Waals surface area (Å²) in [5.41, 5.74) is 5.50. The van der Waals surface area contributed by atoms with Gasteiger partial charge < -0.3 is 21.5 Å². The number of amides is 6. The van der Waals surface area contributed by atoms with Crippen molar-refractivity contribution in [3.05, 3.63) is 24.3 Å². The molecule has 2 heterocycles. The maximum Gasteiger partial charge on any atom is 0.253 e. The molecule has 0 aromatic carbocycles. The predicted octanol–water partition coefficient (Wildman–Crippen LogP) is -1.18. The second-order valence-corrected chi connectivity index (χ2v) is 9.44. The monoisotopic (exact) mass is 548 g/mol. The van der Waals surface area contributed by atoms with Gasteiger partial charge in [-0.15, -0.1) is 0 Å². The smallest absolute Gasteiger partial charge is 0.253 e. The Kier molecular flexibility index (Phi) is 14.0. The number of carbonyl (C=O) groups excluding carboxylic acids is 6. The van der Waals surface area contributed by atoms with E-state index in [0.29, 0.717) is 38.9 Å². The quantitative estimate of drug-likeness (QED) is 0.0707. The van der Waals surface area contributed by atoms with Crippen LogP contribution in [0.25, 0.3) is 0 Å². The third-order valence-electron chi connectivity index (χ3n) is 6.40. The molecule has 13 heteroatoms. The van der Waals surface area contributed by atoms with Crippen LogP contribution in [-0.4, -0.2) is 95.3 Å². The van der Waals surface area contributed by atoms with Gasteiger partial charge in [-0.3, -0.25) is 43.9 Å². The van der Waals surface area contributed by atoms with Crippen molar-refractivity contribution >= 4 is 35.4 Å². The standard InChI is InChI=1S/C26H40N6O7/c27-14-4-1-2-5-16-29-26(39)19(30-21(34)13-18-32-24(37)10-11-25(32)38)7-3-6-15-28-20(33)12-17-31-22(35)8-9-23(31)36/h8-11,19,26,29,39H,1-7,12-18,27H2,(H,28,33)(H,30,34). The fraction of sp³-hybridized carbons (Fsp3) is 0.615. The average molecular weight is 549 g/mol. The fourth-order valence-corrected chi connectivity index (χ4v) is 4.14. The van der Waals surface area contributed by atoms with Crippen molar-refractivity contribution in [2.24, 2.45) is 5.73 Å². The van der Waals surface area contributed by atoms with Crippen LogP contribution in [0, 0.1) is 0 Å². The number of nitrogens with two attached hydrogens (primary N) is 1. The second-order valence-electron chi connectivity index (χ2n) is 9.44. The molecule has 2 atom stereocenters. The van der Waals surface area contributed by atoms with Gasteiger partial charge in [0.2, 0.25) is 11.8 Å². The summed E-state index contributed by atoms with van der Waals surface area (Å²) in [6.07, 6.45) is 8.92. The van der Waals surface area contributed by atoms with Gasteiger partial charge in [-0.1, -0.05) is 12.8 Å². The van der Waals surface area contributed by atoms with Crippen molar-refractivity contribution in [3.63, 3.8) is 0 Å². The molecule has 2 aliphatic heterocycles. The highest BCUT2D eigenvalue weighted by molar-refractivity contribution is 6.13. The summed E-state index contributed by atoms with van der Waals surface area (Å²) < 4.78 is 0. The maximum atomic E-state index is 12.5. The molecular weight excluding hydrogens is 508 g/mol. The normalized spacial score (nSPS) is 16.4. The van der Waals surface area contributed by atoms with Gasteiger partial charge in [-0.25, -0.2) is 0 Å². The minimum Gasteiger partial charge on any atom is -0.376 e. The third kappa shape index (κ3) is 11.5. The number of hydrogen-bond acceptors (Lipinski definition) is 9. The highest BCUT2D eigenvalue weighted by Crippen LogP contribution is 2.08. The summed E-state index contributed by atoms with van der Waals surface area (Å²) in [6, 6.07) is -0.611. The third-order valence-corrected chi connectivity index (χ3v) is 6.40. The number of nitrogens with zero attached hydrogens (tertiary/aromatic N) is 2. The minimum absolute atomic E-state index is 0.00327. The van der Waals surface area contributed by atoms with Crippen molar-refractivity contribution in [3.8, 4) is 0 Å². The molecule has 0 fully saturated rings. The molecule has 0 radical (unpaired) electrons. The SMILES string of the molecule is NCCCCCCNC(O)C(CCCCNC(=O)CCN1C(=O)C=CC1=O)NC(=O)CCN1C(=O)C=CC1=O. The summed E-state index contributed by atoms with van der Waals surface area (Å²) >= 11 is 0. The molecule has 0 aliphatic carbocycles. The number of imide groups is 2. The molecule has 39 heavy (non-hydrogen) atoms. The topological polar surface area (TPSA) is 191 Å². The number of aliphatic hydroxyl groups is 1. The van der Waals surface area contributed by atoms with Crippen LogP contribution in [0.2, 0.25) is 0 Å². The largest absolute Gasteiger partial charge is 0.376 e. The Bertz CT molecular complexity index is 915. The molecule has 0 bridgehead atoms. The maximum absolute atomic E-state index is 12.5. The van der Waals surface area contributed by atoms with Gasteiger partial charge in [0.1, 0.15) is 6.23 Å². The highest BCUT2D eigenvalue weighted by atomic mass is 16.3. The Morgan fingerprint density at radius 2 is 1.26 bits per heavy atom. The molecule has 0 saturated heterocycles. The first-order chi connectivity index (χ1) is 18.7. The summed E-state index contributed by atoms with van der Waals surface area (Å²) in [7, 11) is 0. The Morgan fingerprint density at radius 1 is 0.744 bits per heavy atom. The Hall–Kier alpha value is -3.42. The average Bonchev–Trinajstić information content (AvgIpc) is 3.41. The molecule has 2 rings (SSSR count). The molecule has 2 aliphatic rings. The zero-order valence-corrected chi connectivity index (χ0v) is 22.2. The van der Waals surface area contributed by atoms with Gasteiger partial charge in [-0.05, 0) is 45.2 Å². The van der Waals surface area contributed by atoms with E-state index in [9.17, 15) is 33.9 Å². The van der Waals surface area contributed by atoms with E-state index in [-0.39, 0.29) is 31.8 Å². The molecule has 13 nitrogen and oxygen atoms in total. The van der Waals surface area contributed by atoms with Gasteiger partial charge in [0.25, 0.3) is 23.6 Å². The molecule has 6 N–H and O–H groups in total. The molecule has 0 spiro atoms. The molecular formula is C26H40N6O7. The number of nitrogens with one attached hydrogen (secondary N) is 3. The van der Waals surface area contributed by atoms with Crippen molar-refractivity contribution in [2.75, 3.05) is 32.7 Å². The zero-order valence-electron chi connectivity index (χ0n) is 22.2. The lowest BCUT2D eigenvalue weighted by atomic mass is 10.1. The highest BCUT2D eigenvalue weighted by Gasteiger charge is 2.26. The molecule has 6 amide bonds. The zero-order chi connectivity index (χ0) is 28.6. The number of rotatable bonds is 20. The summed E-state index contributed by atoms with van der Waals surface area (Å²) in [6.45, 7) is 1.53. The van der Waals surface area contributed by atoms with Crippen LogP contribution in [0.3, 0.4) is 0 Å². The molecule has 0 aromatic rings. The van der Waals surface area contributed by atoms with E-state index < -0.39 is 41.8 Å². The van der Waals surface area contributed by atoms with Crippen molar-refractivity contribution in [1.82, 2.24) is 25.8 Å². The summed E-state index contributed by atoms with van der Waals surface area (Å²) in [5.74, 6) is -2.47. The predicted molar refractivity (Wildman–Crippen MR) is 141 cm³/mol. The Morgan fingerprint density at radius 3 is 1.82 bits per heavy atom. The van der Waals surface area contributed by atoms with E-state index in [2.05, 4.69) is 16.0 Å². The first-order valence-corrected chi connectivity index (χ1v) is 13.5. The Labute approximate surface area is 228 Å². The molecule has 0 aromatic heterocycles.